The molecule has 6 rings (SSSR count). The van der Waals surface area contributed by atoms with Crippen LogP contribution in [0.4, 0.5) is 0 Å². The smallest absolute Gasteiger partial charge is 0.248 e. The van der Waals surface area contributed by atoms with E-state index in [9.17, 15) is 4.79 Å². The van der Waals surface area contributed by atoms with Gasteiger partial charge in [0.1, 0.15) is 5.75 Å². The molecule has 2 aromatic carbocycles. The molecule has 7 heteroatoms. The minimum Gasteiger partial charge on any atom is -0.481 e. The molecule has 3 heterocycles. The molecule has 160 valence electrons. The van der Waals surface area contributed by atoms with E-state index in [0.29, 0.717) is 22.5 Å². The number of amides is 1. The molecule has 2 N–H and O–H groups in total. The van der Waals surface area contributed by atoms with Gasteiger partial charge in [-0.05, 0) is 61.6 Å². The number of ether oxygens (including phenoxy) is 1. The first kappa shape index (κ1) is 19.3. The predicted octanol–water partition coefficient (Wildman–Crippen LogP) is 5.20. The van der Waals surface area contributed by atoms with Gasteiger partial charge in [0.05, 0.1) is 11.2 Å². The van der Waals surface area contributed by atoms with Crippen molar-refractivity contribution in [2.75, 3.05) is 0 Å². The second-order valence-corrected chi connectivity index (χ2v) is 8.82. The third-order valence-corrected chi connectivity index (χ3v) is 6.61. The van der Waals surface area contributed by atoms with E-state index in [1.807, 2.05) is 24.3 Å². The zero-order chi connectivity index (χ0) is 21.8. The molecule has 2 aromatic heterocycles. The van der Waals surface area contributed by atoms with Gasteiger partial charge in [-0.2, -0.15) is 0 Å². The molecule has 0 bridgehead atoms. The van der Waals surface area contributed by atoms with Crippen LogP contribution < -0.4 is 10.5 Å². The van der Waals surface area contributed by atoms with E-state index in [1.165, 1.54) is 5.56 Å². The number of aryl methyl sites for hydroxylation is 1. The number of fused-ring (bicyclic) bond motifs is 3. The first-order valence-corrected chi connectivity index (χ1v) is 11.1. The van der Waals surface area contributed by atoms with Crippen molar-refractivity contribution < 1.29 is 14.1 Å². The number of aromatic nitrogens is 2. The summed E-state index contributed by atoms with van der Waals surface area (Å²) in [6, 6.07) is 11.1. The molecule has 32 heavy (non-hydrogen) atoms. The fraction of sp³-hybridized carbons (Fsp3) is 0.240. The molecular weight excluding hydrogens is 426 g/mol. The molecule has 0 spiro atoms. The van der Waals surface area contributed by atoms with E-state index >= 15 is 0 Å². The number of rotatable bonds is 3. The number of primary amides is 1. The summed E-state index contributed by atoms with van der Waals surface area (Å²) in [5.41, 5.74) is 11.7. The van der Waals surface area contributed by atoms with Crippen LogP contribution in [0.15, 0.2) is 47.1 Å². The van der Waals surface area contributed by atoms with E-state index in [4.69, 9.17) is 26.6 Å². The van der Waals surface area contributed by atoms with E-state index in [2.05, 4.69) is 10.1 Å². The van der Waals surface area contributed by atoms with Crippen LogP contribution in [-0.4, -0.2) is 16.0 Å². The lowest BCUT2D eigenvalue weighted by Gasteiger charge is -2.15. The number of carbonyl (C=O) groups is 1. The van der Waals surface area contributed by atoms with E-state index in [0.717, 1.165) is 65.0 Å². The summed E-state index contributed by atoms with van der Waals surface area (Å²) in [6.07, 6.45) is 6.42. The quantitative estimate of drug-likeness (QED) is 0.468. The van der Waals surface area contributed by atoms with E-state index < -0.39 is 5.91 Å². The number of nitrogens with two attached hydrogens (primary N) is 1. The van der Waals surface area contributed by atoms with Gasteiger partial charge < -0.3 is 15.0 Å². The number of pyridine rings is 1. The second kappa shape index (κ2) is 7.35. The van der Waals surface area contributed by atoms with Crippen molar-refractivity contribution in [3.8, 4) is 16.9 Å². The molecule has 4 aromatic rings. The van der Waals surface area contributed by atoms with Crippen LogP contribution in [-0.2, 0) is 19.3 Å². The van der Waals surface area contributed by atoms with E-state index in [1.54, 1.807) is 18.3 Å². The molecular formula is C25H20ClN3O3. The normalized spacial score (nSPS) is 17.1. The van der Waals surface area contributed by atoms with Gasteiger partial charge in [-0.1, -0.05) is 22.8 Å². The fourth-order valence-corrected chi connectivity index (χ4v) is 5.12. The maximum atomic E-state index is 11.6. The van der Waals surface area contributed by atoms with Gasteiger partial charge in [0.25, 0.3) is 0 Å². The van der Waals surface area contributed by atoms with Crippen LogP contribution in [0.5, 0.6) is 5.75 Å². The first-order chi connectivity index (χ1) is 15.6. The number of benzene rings is 2. The van der Waals surface area contributed by atoms with Crippen molar-refractivity contribution in [1.82, 2.24) is 10.1 Å². The van der Waals surface area contributed by atoms with Crippen LogP contribution in [0.1, 0.15) is 51.9 Å². The van der Waals surface area contributed by atoms with Crippen molar-refractivity contribution in [1.29, 1.82) is 0 Å². The molecule has 1 amide bonds. The lowest BCUT2D eigenvalue weighted by molar-refractivity contribution is 0.100. The topological polar surface area (TPSA) is 91.2 Å². The number of hydrogen-bond acceptors (Lipinski definition) is 5. The maximum Gasteiger partial charge on any atom is 0.248 e. The molecule has 1 atom stereocenters. The molecule has 0 radical (unpaired) electrons. The average Bonchev–Trinajstić information content (AvgIpc) is 3.41. The van der Waals surface area contributed by atoms with Gasteiger partial charge in [0.2, 0.25) is 5.91 Å². The van der Waals surface area contributed by atoms with Gasteiger partial charge >= 0.3 is 0 Å². The highest BCUT2D eigenvalue weighted by Gasteiger charge is 2.34. The van der Waals surface area contributed by atoms with Crippen LogP contribution >= 0.6 is 11.6 Å². The third kappa shape index (κ3) is 3.06. The summed E-state index contributed by atoms with van der Waals surface area (Å²) in [4.78, 5) is 16.0. The highest BCUT2D eigenvalue weighted by Crippen LogP contribution is 2.47. The van der Waals surface area contributed by atoms with Crippen molar-refractivity contribution in [3.63, 3.8) is 0 Å². The summed E-state index contributed by atoms with van der Waals surface area (Å²) in [5, 5.41) is 5.83. The molecule has 0 unspecified atom stereocenters. The summed E-state index contributed by atoms with van der Waals surface area (Å²) >= 11 is 6.52. The fourth-order valence-electron chi connectivity index (χ4n) is 4.88. The Hall–Kier alpha value is -3.38. The highest BCUT2D eigenvalue weighted by atomic mass is 35.5. The Morgan fingerprint density at radius 3 is 2.84 bits per heavy atom. The van der Waals surface area contributed by atoms with Gasteiger partial charge in [-0.25, -0.2) is 0 Å². The summed E-state index contributed by atoms with van der Waals surface area (Å²) in [5.74, 6) is 1.15. The van der Waals surface area contributed by atoms with Gasteiger partial charge in [-0.15, -0.1) is 0 Å². The summed E-state index contributed by atoms with van der Waals surface area (Å²) in [7, 11) is 0. The lowest BCUT2D eigenvalue weighted by atomic mass is 9.93. The Morgan fingerprint density at radius 1 is 1.09 bits per heavy atom. The molecule has 2 aliphatic rings. The zero-order valence-electron chi connectivity index (χ0n) is 17.2. The molecule has 1 aliphatic heterocycles. The van der Waals surface area contributed by atoms with Crippen molar-refractivity contribution >= 4 is 28.4 Å². The van der Waals surface area contributed by atoms with Crippen molar-refractivity contribution in [3.05, 3.63) is 75.8 Å². The second-order valence-electron chi connectivity index (χ2n) is 8.39. The number of hydrogen-bond donors (Lipinski definition) is 1. The van der Waals surface area contributed by atoms with Crippen molar-refractivity contribution in [2.24, 2.45) is 5.73 Å². The van der Waals surface area contributed by atoms with Crippen LogP contribution in [0.3, 0.4) is 0 Å². The number of halogens is 1. The number of carbonyl (C=O) groups excluding carboxylic acids is 1. The molecule has 0 saturated carbocycles. The standard InChI is InChI=1S/C25H20ClN3O3/c26-15-9-14-11-22(24-18-3-1-2-4-20(18)29-32-24)31-23(14)19(12-15)16-7-8-28-21-10-13(25(27)30)5-6-17(16)21/h5-10,12,22H,1-4,11H2,(H2,27,30)/t22-/m1/s1. The van der Waals surface area contributed by atoms with Gasteiger partial charge in [0.15, 0.2) is 11.9 Å². The minimum atomic E-state index is -0.482. The number of nitrogens with zero attached hydrogens (tertiary/aromatic N) is 2. The van der Waals surface area contributed by atoms with Gasteiger partial charge in [-0.3, -0.25) is 9.78 Å². The minimum absolute atomic E-state index is 0.217. The molecule has 1 aliphatic carbocycles. The highest BCUT2D eigenvalue weighted by molar-refractivity contribution is 6.31. The SMILES string of the molecule is NC(=O)c1ccc2c(-c3cc(Cl)cc4c3O[C@@H](c3onc5c3CCCC5)C4)ccnc2c1. The Kier molecular flexibility index (Phi) is 4.43. The summed E-state index contributed by atoms with van der Waals surface area (Å²) < 4.78 is 12.2. The molecule has 0 saturated heterocycles. The zero-order valence-corrected chi connectivity index (χ0v) is 18.0. The Morgan fingerprint density at radius 2 is 1.97 bits per heavy atom. The molecule has 0 fully saturated rings. The monoisotopic (exact) mass is 445 g/mol. The Bertz CT molecular complexity index is 1390. The Labute approximate surface area is 189 Å². The molecule has 6 nitrogen and oxygen atoms in total. The third-order valence-electron chi connectivity index (χ3n) is 6.40. The Balaban J connectivity index is 1.45. The van der Waals surface area contributed by atoms with E-state index in [-0.39, 0.29) is 6.10 Å². The average molecular weight is 446 g/mol. The van der Waals surface area contributed by atoms with Crippen molar-refractivity contribution in [2.45, 2.75) is 38.2 Å². The largest absolute Gasteiger partial charge is 0.481 e. The first-order valence-electron chi connectivity index (χ1n) is 10.7. The van der Waals surface area contributed by atoms with Crippen LogP contribution in [0.25, 0.3) is 22.0 Å². The van der Waals surface area contributed by atoms with Gasteiger partial charge in [0, 0.05) is 45.3 Å². The summed E-state index contributed by atoms with van der Waals surface area (Å²) in [6.45, 7) is 0. The lowest BCUT2D eigenvalue weighted by Crippen LogP contribution is -2.10. The maximum absolute atomic E-state index is 11.6. The van der Waals surface area contributed by atoms with Crippen LogP contribution in [0, 0.1) is 0 Å². The predicted molar refractivity (Wildman–Crippen MR) is 121 cm³/mol. The van der Waals surface area contributed by atoms with Crippen LogP contribution in [0.2, 0.25) is 5.02 Å².